The standard InChI is InChI=1S/C22H38N2O2/c1-16(2)18-12-11-17(3)15-21(18)26-22(25)23(4)19-9-5-6-10-20(19)24-13-7-8-14-24/h16-18,21H,5-15H2,1-4H3/t17-,18+,21-/m1/s1. The SMILES string of the molecule is CC(C)[C@@H]1CC[C@@H](C)C[C@H]1OC(=O)N(C)C1=C(N2CCCC2)CCCC1. The minimum atomic E-state index is -0.136. The van der Waals surface area contributed by atoms with Crippen LogP contribution in [0.1, 0.15) is 78.6 Å². The number of carbonyl (C=O) groups is 1. The molecule has 0 unspecified atom stereocenters. The molecule has 1 saturated heterocycles. The van der Waals surface area contributed by atoms with Gasteiger partial charge in [-0.3, -0.25) is 4.90 Å². The lowest BCUT2D eigenvalue weighted by Crippen LogP contribution is -2.40. The Kier molecular flexibility index (Phi) is 6.52. The largest absolute Gasteiger partial charge is 0.446 e. The summed E-state index contributed by atoms with van der Waals surface area (Å²) in [7, 11) is 1.93. The fourth-order valence-electron chi connectivity index (χ4n) is 5.13. The van der Waals surface area contributed by atoms with Crippen molar-refractivity contribution in [3.8, 4) is 0 Å². The van der Waals surface area contributed by atoms with E-state index < -0.39 is 0 Å². The Labute approximate surface area is 159 Å². The maximum Gasteiger partial charge on any atom is 0.414 e. The second-order valence-electron chi connectivity index (χ2n) is 9.10. The average molecular weight is 363 g/mol. The number of likely N-dealkylation sites (tertiary alicyclic amines) is 1. The Morgan fingerprint density at radius 2 is 1.81 bits per heavy atom. The molecule has 0 N–H and O–H groups in total. The third kappa shape index (κ3) is 4.37. The lowest BCUT2D eigenvalue weighted by Gasteiger charge is -2.38. The number of carbonyl (C=O) groups excluding carboxylic acids is 1. The minimum absolute atomic E-state index is 0.0770. The molecular weight excluding hydrogens is 324 g/mol. The van der Waals surface area contributed by atoms with Gasteiger partial charge in [0.1, 0.15) is 6.10 Å². The summed E-state index contributed by atoms with van der Waals surface area (Å²) in [4.78, 5) is 17.3. The van der Waals surface area contributed by atoms with Gasteiger partial charge >= 0.3 is 6.09 Å². The highest BCUT2D eigenvalue weighted by atomic mass is 16.6. The molecule has 1 aliphatic heterocycles. The zero-order chi connectivity index (χ0) is 18.7. The smallest absolute Gasteiger partial charge is 0.414 e. The molecule has 2 aliphatic carbocycles. The van der Waals surface area contributed by atoms with Gasteiger partial charge in [-0.15, -0.1) is 0 Å². The number of hydrogen-bond donors (Lipinski definition) is 0. The van der Waals surface area contributed by atoms with E-state index in [4.69, 9.17) is 4.74 Å². The molecule has 0 aromatic carbocycles. The van der Waals surface area contributed by atoms with Crippen molar-refractivity contribution in [3.05, 3.63) is 11.4 Å². The molecule has 0 aromatic heterocycles. The fourth-order valence-corrected chi connectivity index (χ4v) is 5.13. The van der Waals surface area contributed by atoms with Crippen LogP contribution in [-0.4, -0.2) is 42.1 Å². The van der Waals surface area contributed by atoms with E-state index in [2.05, 4.69) is 25.7 Å². The van der Waals surface area contributed by atoms with Crippen LogP contribution in [0.15, 0.2) is 11.4 Å². The maximum absolute atomic E-state index is 13.0. The van der Waals surface area contributed by atoms with Gasteiger partial charge in [0, 0.05) is 31.5 Å². The number of allylic oxidation sites excluding steroid dienone is 2. The molecular formula is C22H38N2O2. The Morgan fingerprint density at radius 3 is 2.50 bits per heavy atom. The van der Waals surface area contributed by atoms with Gasteiger partial charge in [-0.2, -0.15) is 0 Å². The molecule has 4 nitrogen and oxygen atoms in total. The highest BCUT2D eigenvalue weighted by Crippen LogP contribution is 2.36. The highest BCUT2D eigenvalue weighted by molar-refractivity contribution is 5.70. The predicted molar refractivity (Wildman–Crippen MR) is 106 cm³/mol. The third-order valence-electron chi connectivity index (χ3n) is 6.79. The molecule has 4 heteroatoms. The predicted octanol–water partition coefficient (Wildman–Crippen LogP) is 5.40. The summed E-state index contributed by atoms with van der Waals surface area (Å²) in [6.45, 7) is 9.12. The average Bonchev–Trinajstić information content (AvgIpc) is 3.15. The van der Waals surface area contributed by atoms with Crippen molar-refractivity contribution in [2.75, 3.05) is 20.1 Å². The van der Waals surface area contributed by atoms with Crippen molar-refractivity contribution in [1.82, 2.24) is 9.80 Å². The number of ether oxygens (including phenoxy) is 1. The Balaban J connectivity index is 1.71. The molecule has 0 radical (unpaired) electrons. The van der Waals surface area contributed by atoms with Crippen molar-refractivity contribution in [2.45, 2.75) is 84.7 Å². The van der Waals surface area contributed by atoms with Crippen molar-refractivity contribution in [3.63, 3.8) is 0 Å². The van der Waals surface area contributed by atoms with Gasteiger partial charge in [0.2, 0.25) is 0 Å². The molecule has 1 saturated carbocycles. The summed E-state index contributed by atoms with van der Waals surface area (Å²) in [5.74, 6) is 1.73. The van der Waals surface area contributed by atoms with Crippen LogP contribution in [-0.2, 0) is 4.74 Å². The normalized spacial score (nSPS) is 30.0. The van der Waals surface area contributed by atoms with Crippen LogP contribution < -0.4 is 0 Å². The highest BCUT2D eigenvalue weighted by Gasteiger charge is 2.35. The van der Waals surface area contributed by atoms with Crippen LogP contribution >= 0.6 is 0 Å². The van der Waals surface area contributed by atoms with Gasteiger partial charge in [0.25, 0.3) is 0 Å². The first-order valence-electron chi connectivity index (χ1n) is 10.9. The summed E-state index contributed by atoms with van der Waals surface area (Å²) >= 11 is 0. The second kappa shape index (κ2) is 8.67. The van der Waals surface area contributed by atoms with Crippen LogP contribution in [0.2, 0.25) is 0 Å². The summed E-state index contributed by atoms with van der Waals surface area (Å²) in [5.41, 5.74) is 2.62. The third-order valence-corrected chi connectivity index (χ3v) is 6.79. The number of nitrogens with zero attached hydrogens (tertiary/aromatic N) is 2. The van der Waals surface area contributed by atoms with Crippen LogP contribution in [0, 0.1) is 17.8 Å². The van der Waals surface area contributed by atoms with E-state index in [9.17, 15) is 4.79 Å². The number of amides is 1. The Hall–Kier alpha value is -1.19. The maximum atomic E-state index is 13.0. The van der Waals surface area contributed by atoms with E-state index in [1.807, 2.05) is 11.9 Å². The van der Waals surface area contributed by atoms with Gasteiger partial charge in [0.05, 0.1) is 0 Å². The summed E-state index contributed by atoms with van der Waals surface area (Å²) in [5, 5.41) is 0. The Morgan fingerprint density at radius 1 is 1.12 bits per heavy atom. The van der Waals surface area contributed by atoms with E-state index in [-0.39, 0.29) is 12.2 Å². The van der Waals surface area contributed by atoms with Gasteiger partial charge in [-0.1, -0.05) is 27.2 Å². The molecule has 0 aromatic rings. The van der Waals surface area contributed by atoms with Crippen LogP contribution in [0.3, 0.4) is 0 Å². The van der Waals surface area contributed by atoms with Crippen molar-refractivity contribution in [2.24, 2.45) is 17.8 Å². The van der Waals surface area contributed by atoms with Crippen molar-refractivity contribution < 1.29 is 9.53 Å². The first-order chi connectivity index (χ1) is 12.5. The zero-order valence-electron chi connectivity index (χ0n) is 17.3. The quantitative estimate of drug-likeness (QED) is 0.671. The van der Waals surface area contributed by atoms with Crippen molar-refractivity contribution in [1.29, 1.82) is 0 Å². The van der Waals surface area contributed by atoms with E-state index in [0.717, 1.165) is 32.4 Å². The summed E-state index contributed by atoms with van der Waals surface area (Å²) in [6.07, 6.45) is 10.5. The molecule has 0 spiro atoms. The van der Waals surface area contributed by atoms with Crippen LogP contribution in [0.5, 0.6) is 0 Å². The van der Waals surface area contributed by atoms with E-state index in [0.29, 0.717) is 17.8 Å². The Bertz CT molecular complexity index is 522. The first-order valence-corrected chi connectivity index (χ1v) is 10.9. The first kappa shape index (κ1) is 19.6. The second-order valence-corrected chi connectivity index (χ2v) is 9.10. The van der Waals surface area contributed by atoms with Crippen molar-refractivity contribution >= 4 is 6.09 Å². The number of rotatable bonds is 4. The monoisotopic (exact) mass is 362 g/mol. The van der Waals surface area contributed by atoms with Gasteiger partial charge in [-0.05, 0) is 69.1 Å². The van der Waals surface area contributed by atoms with E-state index in [1.165, 1.54) is 49.9 Å². The van der Waals surface area contributed by atoms with E-state index >= 15 is 0 Å². The lowest BCUT2D eigenvalue weighted by molar-refractivity contribution is -0.00494. The minimum Gasteiger partial charge on any atom is -0.446 e. The fraction of sp³-hybridized carbons (Fsp3) is 0.864. The van der Waals surface area contributed by atoms with E-state index in [1.54, 1.807) is 0 Å². The lowest BCUT2D eigenvalue weighted by atomic mass is 9.75. The molecule has 2 fully saturated rings. The zero-order valence-corrected chi connectivity index (χ0v) is 17.3. The van der Waals surface area contributed by atoms with Gasteiger partial charge in [-0.25, -0.2) is 4.79 Å². The molecule has 3 aliphatic rings. The van der Waals surface area contributed by atoms with Crippen LogP contribution in [0.4, 0.5) is 4.79 Å². The molecule has 1 heterocycles. The molecule has 148 valence electrons. The molecule has 3 atom stereocenters. The topological polar surface area (TPSA) is 32.8 Å². The molecule has 3 rings (SSSR count). The number of hydrogen-bond acceptors (Lipinski definition) is 3. The van der Waals surface area contributed by atoms with Gasteiger partial charge in [0.15, 0.2) is 0 Å². The molecule has 0 bridgehead atoms. The van der Waals surface area contributed by atoms with Gasteiger partial charge < -0.3 is 9.64 Å². The van der Waals surface area contributed by atoms with Crippen LogP contribution in [0.25, 0.3) is 0 Å². The molecule has 26 heavy (non-hydrogen) atoms. The summed E-state index contributed by atoms with van der Waals surface area (Å²) in [6, 6.07) is 0. The molecule has 1 amide bonds. The summed E-state index contributed by atoms with van der Waals surface area (Å²) < 4.78 is 6.10.